The second-order valence-corrected chi connectivity index (χ2v) is 6.58. The van der Waals surface area contributed by atoms with Gasteiger partial charge in [-0.05, 0) is 37.8 Å². The Labute approximate surface area is 103 Å². The van der Waals surface area contributed by atoms with Gasteiger partial charge in [0.05, 0.1) is 5.02 Å². The van der Waals surface area contributed by atoms with Crippen LogP contribution in [-0.4, -0.2) is 10.5 Å². The first-order chi connectivity index (χ1) is 7.09. The van der Waals surface area contributed by atoms with E-state index in [2.05, 4.69) is 51.8 Å². The van der Waals surface area contributed by atoms with Crippen LogP contribution in [0.2, 0.25) is 5.02 Å². The van der Waals surface area contributed by atoms with E-state index in [1.165, 1.54) is 0 Å². The minimum absolute atomic E-state index is 0.00990. The molecule has 0 saturated carbocycles. The maximum atomic E-state index is 6.16. The van der Waals surface area contributed by atoms with E-state index in [1.807, 2.05) is 6.07 Å². The molecule has 0 spiro atoms. The SMILES string of the molecule is CC(C)(C)Nc1cc(C(C)(C)C)c(Cl)cn1. The number of rotatable bonds is 1. The maximum Gasteiger partial charge on any atom is 0.126 e. The van der Waals surface area contributed by atoms with Crippen LogP contribution in [0.4, 0.5) is 5.82 Å². The monoisotopic (exact) mass is 240 g/mol. The number of nitrogens with zero attached hydrogens (tertiary/aromatic N) is 1. The zero-order chi connectivity index (χ0) is 12.6. The smallest absolute Gasteiger partial charge is 0.126 e. The number of pyridine rings is 1. The first-order valence-corrected chi connectivity index (χ1v) is 5.91. The molecule has 1 aromatic rings. The minimum Gasteiger partial charge on any atom is -0.365 e. The highest BCUT2D eigenvalue weighted by atomic mass is 35.5. The second-order valence-electron chi connectivity index (χ2n) is 6.17. The van der Waals surface area contributed by atoms with E-state index in [0.29, 0.717) is 0 Å². The van der Waals surface area contributed by atoms with Gasteiger partial charge < -0.3 is 5.32 Å². The van der Waals surface area contributed by atoms with E-state index in [-0.39, 0.29) is 11.0 Å². The third kappa shape index (κ3) is 3.67. The van der Waals surface area contributed by atoms with Gasteiger partial charge in [-0.15, -0.1) is 0 Å². The van der Waals surface area contributed by atoms with Crippen LogP contribution in [0.15, 0.2) is 12.3 Å². The molecule has 0 saturated heterocycles. The number of anilines is 1. The summed E-state index contributed by atoms with van der Waals surface area (Å²) in [5.74, 6) is 0.877. The van der Waals surface area contributed by atoms with Gasteiger partial charge in [-0.25, -0.2) is 4.98 Å². The summed E-state index contributed by atoms with van der Waals surface area (Å²) in [6.45, 7) is 12.8. The summed E-state index contributed by atoms with van der Waals surface area (Å²) in [4.78, 5) is 4.29. The lowest BCUT2D eigenvalue weighted by atomic mass is 9.87. The Bertz CT molecular complexity index is 372. The molecule has 0 radical (unpaired) electrons. The average molecular weight is 241 g/mol. The summed E-state index contributed by atoms with van der Waals surface area (Å²) in [5, 5.41) is 4.08. The van der Waals surface area contributed by atoms with Gasteiger partial charge in [-0.2, -0.15) is 0 Å². The number of hydrogen-bond donors (Lipinski definition) is 1. The molecular weight excluding hydrogens is 220 g/mol. The summed E-state index contributed by atoms with van der Waals surface area (Å²) < 4.78 is 0. The van der Waals surface area contributed by atoms with E-state index in [4.69, 9.17) is 11.6 Å². The van der Waals surface area contributed by atoms with Crippen molar-refractivity contribution >= 4 is 17.4 Å². The summed E-state index contributed by atoms with van der Waals surface area (Å²) in [6.07, 6.45) is 1.72. The van der Waals surface area contributed by atoms with Crippen molar-refractivity contribution in [1.29, 1.82) is 0 Å². The molecule has 0 bridgehead atoms. The Morgan fingerprint density at radius 2 is 1.69 bits per heavy atom. The van der Waals surface area contributed by atoms with E-state index in [1.54, 1.807) is 6.20 Å². The quantitative estimate of drug-likeness (QED) is 0.794. The van der Waals surface area contributed by atoms with Crippen LogP contribution in [0, 0.1) is 0 Å². The first kappa shape index (κ1) is 13.3. The van der Waals surface area contributed by atoms with Crippen molar-refractivity contribution in [2.24, 2.45) is 0 Å². The molecule has 0 amide bonds. The molecule has 2 nitrogen and oxygen atoms in total. The summed E-state index contributed by atoms with van der Waals surface area (Å²) >= 11 is 6.16. The summed E-state index contributed by atoms with van der Waals surface area (Å²) in [5.41, 5.74) is 1.17. The highest BCUT2D eigenvalue weighted by Crippen LogP contribution is 2.30. The fourth-order valence-corrected chi connectivity index (χ4v) is 1.85. The molecule has 3 heteroatoms. The second kappa shape index (κ2) is 4.25. The zero-order valence-electron chi connectivity index (χ0n) is 11.0. The van der Waals surface area contributed by atoms with Crippen molar-refractivity contribution in [2.75, 3.05) is 5.32 Å². The molecule has 1 rings (SSSR count). The molecule has 1 heterocycles. The van der Waals surface area contributed by atoms with Crippen LogP contribution in [0.3, 0.4) is 0 Å². The molecule has 0 aliphatic heterocycles. The van der Waals surface area contributed by atoms with Gasteiger partial charge in [0, 0.05) is 11.7 Å². The zero-order valence-corrected chi connectivity index (χ0v) is 11.7. The normalized spacial score (nSPS) is 12.7. The Kier molecular flexibility index (Phi) is 3.53. The Balaban J connectivity index is 3.09. The lowest BCUT2D eigenvalue weighted by Gasteiger charge is -2.25. The van der Waals surface area contributed by atoms with Crippen molar-refractivity contribution in [3.63, 3.8) is 0 Å². The standard InChI is InChI=1S/C13H21ClN2/c1-12(2,3)9-7-11(15-8-10(9)14)16-13(4,5)6/h7-8H,1-6H3,(H,15,16). The van der Waals surface area contributed by atoms with Crippen molar-refractivity contribution < 1.29 is 0 Å². The topological polar surface area (TPSA) is 24.9 Å². The largest absolute Gasteiger partial charge is 0.365 e. The fourth-order valence-electron chi connectivity index (χ4n) is 1.47. The molecule has 1 aromatic heterocycles. The van der Waals surface area contributed by atoms with Crippen LogP contribution < -0.4 is 5.32 Å². The predicted octanol–water partition coefficient (Wildman–Crippen LogP) is 4.24. The molecule has 0 atom stereocenters. The average Bonchev–Trinajstić information content (AvgIpc) is 2.04. The van der Waals surface area contributed by atoms with Gasteiger partial charge >= 0.3 is 0 Å². The van der Waals surface area contributed by atoms with Crippen molar-refractivity contribution in [3.8, 4) is 0 Å². The Morgan fingerprint density at radius 3 is 2.12 bits per heavy atom. The molecule has 90 valence electrons. The van der Waals surface area contributed by atoms with Gasteiger partial charge in [0.25, 0.3) is 0 Å². The summed E-state index contributed by atoms with van der Waals surface area (Å²) in [7, 11) is 0. The van der Waals surface area contributed by atoms with Crippen LogP contribution in [0.5, 0.6) is 0 Å². The van der Waals surface area contributed by atoms with Crippen LogP contribution in [0.25, 0.3) is 0 Å². The molecule has 1 N–H and O–H groups in total. The van der Waals surface area contributed by atoms with Gasteiger partial charge in [0.2, 0.25) is 0 Å². The van der Waals surface area contributed by atoms with Gasteiger partial charge in [0.1, 0.15) is 5.82 Å². The molecule has 0 fully saturated rings. The lowest BCUT2D eigenvalue weighted by Crippen LogP contribution is -2.27. The maximum absolute atomic E-state index is 6.16. The number of hydrogen-bond acceptors (Lipinski definition) is 2. The van der Waals surface area contributed by atoms with E-state index in [9.17, 15) is 0 Å². The number of aromatic nitrogens is 1. The molecule has 0 unspecified atom stereocenters. The van der Waals surface area contributed by atoms with Gasteiger partial charge in [-0.1, -0.05) is 32.4 Å². The van der Waals surface area contributed by atoms with E-state index >= 15 is 0 Å². The van der Waals surface area contributed by atoms with E-state index in [0.717, 1.165) is 16.4 Å². The van der Waals surface area contributed by atoms with Gasteiger partial charge in [0.15, 0.2) is 0 Å². The molecule has 0 aliphatic rings. The van der Waals surface area contributed by atoms with Crippen molar-refractivity contribution in [2.45, 2.75) is 52.5 Å². The fraction of sp³-hybridized carbons (Fsp3) is 0.615. The number of halogens is 1. The third-order valence-corrected chi connectivity index (χ3v) is 2.47. The predicted molar refractivity (Wildman–Crippen MR) is 71.3 cm³/mol. The molecule has 16 heavy (non-hydrogen) atoms. The van der Waals surface area contributed by atoms with Crippen molar-refractivity contribution in [1.82, 2.24) is 4.98 Å². The van der Waals surface area contributed by atoms with Crippen molar-refractivity contribution in [3.05, 3.63) is 22.8 Å². The van der Waals surface area contributed by atoms with E-state index < -0.39 is 0 Å². The molecular formula is C13H21ClN2. The lowest BCUT2D eigenvalue weighted by molar-refractivity contribution is 0.587. The third-order valence-electron chi connectivity index (χ3n) is 2.17. The van der Waals surface area contributed by atoms with Crippen LogP contribution in [0.1, 0.15) is 47.1 Å². The van der Waals surface area contributed by atoms with Gasteiger partial charge in [-0.3, -0.25) is 0 Å². The van der Waals surface area contributed by atoms with Crippen LogP contribution >= 0.6 is 11.6 Å². The summed E-state index contributed by atoms with van der Waals surface area (Å²) in [6, 6.07) is 2.04. The number of nitrogens with one attached hydrogen (secondary N) is 1. The highest BCUT2D eigenvalue weighted by Gasteiger charge is 2.19. The molecule has 0 aromatic carbocycles. The van der Waals surface area contributed by atoms with Crippen LogP contribution in [-0.2, 0) is 5.41 Å². The molecule has 0 aliphatic carbocycles. The minimum atomic E-state index is 0.00990. The highest BCUT2D eigenvalue weighted by molar-refractivity contribution is 6.31. The Morgan fingerprint density at radius 1 is 1.12 bits per heavy atom. The Hall–Kier alpha value is -0.760. The first-order valence-electron chi connectivity index (χ1n) is 5.54.